The van der Waals surface area contributed by atoms with Crippen LogP contribution in [0.4, 0.5) is 0 Å². The molecule has 1 aromatic carbocycles. The fourth-order valence-electron chi connectivity index (χ4n) is 2.84. The highest BCUT2D eigenvalue weighted by molar-refractivity contribution is 7.80. The van der Waals surface area contributed by atoms with Gasteiger partial charge in [0, 0.05) is 23.6 Å². The molecule has 0 aliphatic carbocycles. The number of halogens is 1. The standard InChI is InChI=1S/C14H15ClN2OS/c1-3-7-17-13(19)16-10-8-14(17,2)18-11-6-4-5-9(15)12(10)11/h3-6,10H,1,7-8H2,2H3,(H,16,19). The monoisotopic (exact) mass is 294 g/mol. The zero-order chi connectivity index (χ0) is 13.6. The lowest BCUT2D eigenvalue weighted by Gasteiger charge is -2.52. The summed E-state index contributed by atoms with van der Waals surface area (Å²) in [5.41, 5.74) is 0.557. The zero-order valence-electron chi connectivity index (χ0n) is 10.6. The van der Waals surface area contributed by atoms with E-state index in [0.717, 1.165) is 22.8 Å². The van der Waals surface area contributed by atoms with E-state index < -0.39 is 5.72 Å². The van der Waals surface area contributed by atoms with Gasteiger partial charge < -0.3 is 15.0 Å². The number of thiocarbonyl (C=S) groups is 1. The third kappa shape index (κ3) is 1.90. The first-order valence-electron chi connectivity index (χ1n) is 6.21. The molecule has 2 heterocycles. The van der Waals surface area contributed by atoms with Crippen LogP contribution in [0.2, 0.25) is 5.02 Å². The second-order valence-electron chi connectivity index (χ2n) is 5.03. The molecular formula is C14H15ClN2OS. The summed E-state index contributed by atoms with van der Waals surface area (Å²) < 4.78 is 6.17. The third-order valence-corrected chi connectivity index (χ3v) is 4.37. The maximum absolute atomic E-state index is 6.29. The lowest BCUT2D eigenvalue weighted by atomic mass is 9.90. The van der Waals surface area contributed by atoms with Gasteiger partial charge in [0.1, 0.15) is 5.75 Å². The van der Waals surface area contributed by atoms with Crippen LogP contribution in [-0.2, 0) is 0 Å². The number of nitrogens with zero attached hydrogens (tertiary/aromatic N) is 1. The van der Waals surface area contributed by atoms with Gasteiger partial charge in [-0.05, 0) is 31.3 Å². The first-order valence-corrected chi connectivity index (χ1v) is 7.00. The van der Waals surface area contributed by atoms with Crippen LogP contribution in [0.3, 0.4) is 0 Å². The van der Waals surface area contributed by atoms with Crippen molar-refractivity contribution >= 4 is 28.9 Å². The lowest BCUT2D eigenvalue weighted by molar-refractivity contribution is -0.0630. The van der Waals surface area contributed by atoms with Crippen LogP contribution in [0.1, 0.15) is 24.9 Å². The van der Waals surface area contributed by atoms with Gasteiger partial charge in [0.25, 0.3) is 0 Å². The molecule has 2 aliphatic rings. The second kappa shape index (κ2) is 4.39. The largest absolute Gasteiger partial charge is 0.468 e. The van der Waals surface area contributed by atoms with Crippen LogP contribution in [0.25, 0.3) is 0 Å². The Kier molecular flexibility index (Phi) is 2.95. The fraction of sp³-hybridized carbons (Fsp3) is 0.357. The average molecular weight is 295 g/mol. The normalized spacial score (nSPS) is 28.2. The number of rotatable bonds is 2. The van der Waals surface area contributed by atoms with Gasteiger partial charge in [-0.15, -0.1) is 6.58 Å². The van der Waals surface area contributed by atoms with E-state index in [1.807, 2.05) is 29.2 Å². The molecule has 2 atom stereocenters. The van der Waals surface area contributed by atoms with Gasteiger partial charge in [0.05, 0.1) is 6.04 Å². The highest BCUT2D eigenvalue weighted by Crippen LogP contribution is 2.46. The number of fused-ring (bicyclic) bond motifs is 4. The molecule has 2 bridgehead atoms. The Balaban J connectivity index is 2.08. The Labute approximate surface area is 123 Å². The minimum Gasteiger partial charge on any atom is -0.468 e. The lowest BCUT2D eigenvalue weighted by Crippen LogP contribution is -2.64. The molecule has 1 fully saturated rings. The van der Waals surface area contributed by atoms with Crippen molar-refractivity contribution in [3.63, 3.8) is 0 Å². The molecular weight excluding hydrogens is 280 g/mol. The molecule has 2 unspecified atom stereocenters. The molecule has 0 saturated carbocycles. The van der Waals surface area contributed by atoms with E-state index in [9.17, 15) is 0 Å². The molecule has 3 rings (SSSR count). The summed E-state index contributed by atoms with van der Waals surface area (Å²) in [7, 11) is 0. The van der Waals surface area contributed by atoms with Crippen LogP contribution in [0.15, 0.2) is 30.9 Å². The van der Waals surface area contributed by atoms with Crippen molar-refractivity contribution in [2.24, 2.45) is 0 Å². The molecule has 1 N–H and O–H groups in total. The summed E-state index contributed by atoms with van der Waals surface area (Å²) in [5.74, 6) is 0.829. The minimum atomic E-state index is -0.446. The topological polar surface area (TPSA) is 24.5 Å². The smallest absolute Gasteiger partial charge is 0.184 e. The van der Waals surface area contributed by atoms with Crippen molar-refractivity contribution < 1.29 is 4.74 Å². The molecule has 0 amide bonds. The highest BCUT2D eigenvalue weighted by atomic mass is 35.5. The molecule has 1 saturated heterocycles. The van der Waals surface area contributed by atoms with Gasteiger partial charge >= 0.3 is 0 Å². The van der Waals surface area contributed by atoms with Gasteiger partial charge in [-0.3, -0.25) is 0 Å². The van der Waals surface area contributed by atoms with Gasteiger partial charge in [0.15, 0.2) is 10.8 Å². The summed E-state index contributed by atoms with van der Waals surface area (Å²) in [5, 5.41) is 4.75. The summed E-state index contributed by atoms with van der Waals surface area (Å²) in [6, 6.07) is 5.85. The third-order valence-electron chi connectivity index (χ3n) is 3.70. The van der Waals surface area contributed by atoms with Gasteiger partial charge in [-0.1, -0.05) is 23.7 Å². The molecule has 1 aromatic rings. The number of benzene rings is 1. The molecule has 2 aliphatic heterocycles. The van der Waals surface area contributed by atoms with E-state index >= 15 is 0 Å². The number of nitrogens with one attached hydrogen (secondary N) is 1. The van der Waals surface area contributed by atoms with Crippen LogP contribution >= 0.6 is 23.8 Å². The molecule has 5 heteroatoms. The molecule has 0 spiro atoms. The van der Waals surface area contributed by atoms with E-state index in [4.69, 9.17) is 28.6 Å². The molecule has 3 nitrogen and oxygen atoms in total. The van der Waals surface area contributed by atoms with Crippen LogP contribution in [-0.4, -0.2) is 22.3 Å². The van der Waals surface area contributed by atoms with Crippen molar-refractivity contribution in [2.45, 2.75) is 25.1 Å². The van der Waals surface area contributed by atoms with Crippen molar-refractivity contribution in [2.75, 3.05) is 6.54 Å². The second-order valence-corrected chi connectivity index (χ2v) is 5.83. The summed E-state index contributed by atoms with van der Waals surface area (Å²) in [6.07, 6.45) is 2.63. The van der Waals surface area contributed by atoms with Crippen molar-refractivity contribution in [1.82, 2.24) is 10.2 Å². The van der Waals surface area contributed by atoms with Crippen molar-refractivity contribution in [3.8, 4) is 5.75 Å². The van der Waals surface area contributed by atoms with E-state index in [0.29, 0.717) is 11.7 Å². The molecule has 0 radical (unpaired) electrons. The predicted molar refractivity (Wildman–Crippen MR) is 80.5 cm³/mol. The molecule has 19 heavy (non-hydrogen) atoms. The highest BCUT2D eigenvalue weighted by Gasteiger charge is 2.47. The molecule has 0 aromatic heterocycles. The quantitative estimate of drug-likeness (QED) is 0.668. The zero-order valence-corrected chi connectivity index (χ0v) is 12.2. The average Bonchev–Trinajstić information content (AvgIpc) is 2.33. The first-order chi connectivity index (χ1) is 9.05. The van der Waals surface area contributed by atoms with Gasteiger partial charge in [0.2, 0.25) is 0 Å². The Morgan fingerprint density at radius 1 is 1.68 bits per heavy atom. The SMILES string of the molecule is C=CCN1C(=S)NC2CC1(C)Oc1cccc(Cl)c12. The van der Waals surface area contributed by atoms with E-state index in [-0.39, 0.29) is 6.04 Å². The van der Waals surface area contributed by atoms with Crippen molar-refractivity contribution in [3.05, 3.63) is 41.4 Å². The Morgan fingerprint density at radius 3 is 3.21 bits per heavy atom. The Morgan fingerprint density at radius 2 is 2.47 bits per heavy atom. The van der Waals surface area contributed by atoms with E-state index in [2.05, 4.69) is 18.8 Å². The summed E-state index contributed by atoms with van der Waals surface area (Å²) in [6.45, 7) is 6.49. The van der Waals surface area contributed by atoms with Crippen LogP contribution in [0.5, 0.6) is 5.75 Å². The van der Waals surface area contributed by atoms with Gasteiger partial charge in [-0.25, -0.2) is 0 Å². The fourth-order valence-corrected chi connectivity index (χ4v) is 3.55. The van der Waals surface area contributed by atoms with Gasteiger partial charge in [-0.2, -0.15) is 0 Å². The number of hydrogen-bond acceptors (Lipinski definition) is 2. The maximum Gasteiger partial charge on any atom is 0.184 e. The van der Waals surface area contributed by atoms with Crippen LogP contribution in [0, 0.1) is 0 Å². The van der Waals surface area contributed by atoms with E-state index in [1.165, 1.54) is 0 Å². The Bertz CT molecular complexity index is 562. The van der Waals surface area contributed by atoms with E-state index in [1.54, 1.807) is 0 Å². The number of hydrogen-bond donors (Lipinski definition) is 1. The van der Waals surface area contributed by atoms with Crippen LogP contribution < -0.4 is 10.1 Å². The number of ether oxygens (including phenoxy) is 1. The Hall–Kier alpha value is -1.26. The minimum absolute atomic E-state index is 0.107. The van der Waals surface area contributed by atoms with Crippen molar-refractivity contribution in [1.29, 1.82) is 0 Å². The first kappa shape index (κ1) is 12.8. The predicted octanol–water partition coefficient (Wildman–Crippen LogP) is 3.26. The summed E-state index contributed by atoms with van der Waals surface area (Å²) in [4.78, 5) is 2.02. The molecule has 100 valence electrons. The maximum atomic E-state index is 6.29. The summed E-state index contributed by atoms with van der Waals surface area (Å²) >= 11 is 11.7.